The molecule has 0 saturated heterocycles. The molecule has 2 unspecified atom stereocenters. The van der Waals surface area contributed by atoms with Crippen LogP contribution in [0.3, 0.4) is 0 Å². The van der Waals surface area contributed by atoms with Crippen LogP contribution in [0, 0.1) is 0 Å². The van der Waals surface area contributed by atoms with Gasteiger partial charge in [-0.15, -0.1) is 0 Å². The topological polar surface area (TPSA) is 111 Å². The molecule has 9 heteroatoms. The quantitative estimate of drug-likeness (QED) is 0.0195. The summed E-state index contributed by atoms with van der Waals surface area (Å²) in [6, 6.07) is 0. The third kappa shape index (κ3) is 63.4. The number of hydrogen-bond donors (Lipinski definition) is 0. The van der Waals surface area contributed by atoms with Crippen LogP contribution in [-0.4, -0.2) is 82.3 Å². The van der Waals surface area contributed by atoms with E-state index >= 15 is 0 Å². The second-order valence-electron chi connectivity index (χ2n) is 23.0. The van der Waals surface area contributed by atoms with E-state index in [0.29, 0.717) is 17.4 Å². The van der Waals surface area contributed by atoms with Crippen molar-refractivity contribution in [2.24, 2.45) is 0 Å². The fraction of sp³-hybridized carbons (Fsp3) is 0.708. The summed E-state index contributed by atoms with van der Waals surface area (Å²) in [7, 11) is 5.93. The number of nitrogens with zero attached hydrogens (tertiary/aromatic N) is 1. The van der Waals surface area contributed by atoms with Crippen LogP contribution >= 0.6 is 0 Å². The van der Waals surface area contributed by atoms with Crippen molar-refractivity contribution in [1.29, 1.82) is 0 Å². The second-order valence-corrected chi connectivity index (χ2v) is 23.0. The lowest BCUT2D eigenvalue weighted by Crippen LogP contribution is -2.44. The van der Waals surface area contributed by atoms with Gasteiger partial charge in [0.15, 0.2) is 12.4 Å². The van der Waals surface area contributed by atoms with Gasteiger partial charge < -0.3 is 33.3 Å². The van der Waals surface area contributed by atoms with Crippen LogP contribution in [0.15, 0.2) is 109 Å². The van der Waals surface area contributed by atoms with Gasteiger partial charge in [-0.3, -0.25) is 9.59 Å². The molecular weight excluding hydrogens is 1010 g/mol. The first-order chi connectivity index (χ1) is 39.6. The first-order valence-corrected chi connectivity index (χ1v) is 33.0. The van der Waals surface area contributed by atoms with Gasteiger partial charge in [-0.25, -0.2) is 0 Å². The number of likely N-dealkylation sites (N-methyl/N-ethyl adjacent to an activating group) is 1. The highest BCUT2D eigenvalue weighted by Crippen LogP contribution is 2.17. The van der Waals surface area contributed by atoms with Crippen molar-refractivity contribution in [2.45, 2.75) is 283 Å². The summed E-state index contributed by atoms with van der Waals surface area (Å²) >= 11 is 0. The van der Waals surface area contributed by atoms with E-state index in [0.717, 1.165) is 96.3 Å². The molecule has 0 amide bonds. The van der Waals surface area contributed by atoms with E-state index < -0.39 is 24.3 Å². The van der Waals surface area contributed by atoms with Gasteiger partial charge in [-0.05, 0) is 96.3 Å². The number of quaternary nitrogens is 1. The minimum Gasteiger partial charge on any atom is -0.545 e. The molecule has 0 fully saturated rings. The van der Waals surface area contributed by atoms with E-state index in [1.807, 2.05) is 21.1 Å². The average molecular weight is 1130 g/mol. The normalized spacial score (nSPS) is 13.4. The van der Waals surface area contributed by atoms with Crippen LogP contribution in [0.4, 0.5) is 0 Å². The third-order valence-electron chi connectivity index (χ3n) is 14.0. The Hall–Kier alpha value is -4.05. The lowest BCUT2D eigenvalue weighted by Gasteiger charge is -2.26. The lowest BCUT2D eigenvalue weighted by atomic mass is 10.0. The van der Waals surface area contributed by atoms with Gasteiger partial charge in [-0.2, -0.15) is 0 Å². The zero-order chi connectivity index (χ0) is 59.1. The Kier molecular flexibility index (Phi) is 58.9. The molecule has 0 aromatic rings. The molecule has 0 radical (unpaired) electrons. The lowest BCUT2D eigenvalue weighted by molar-refractivity contribution is -0.870. The number of carboxylic acid groups (broad SMARTS) is 1. The van der Waals surface area contributed by atoms with E-state index in [9.17, 15) is 19.5 Å². The Balaban J connectivity index is 4.16. The molecule has 9 nitrogen and oxygen atoms in total. The molecule has 0 saturated carbocycles. The van der Waals surface area contributed by atoms with E-state index in [1.165, 1.54) is 141 Å². The van der Waals surface area contributed by atoms with Crippen LogP contribution in [0.2, 0.25) is 0 Å². The number of carbonyl (C=O) groups excluding carboxylic acids is 3. The smallest absolute Gasteiger partial charge is 0.306 e. The molecule has 0 bridgehead atoms. The molecule has 0 spiro atoms. The summed E-state index contributed by atoms with van der Waals surface area (Å²) in [5.74, 6) is -2.28. The van der Waals surface area contributed by atoms with Crippen LogP contribution < -0.4 is 5.11 Å². The summed E-state index contributed by atoms with van der Waals surface area (Å²) in [5, 5.41) is 11.8. The Labute approximate surface area is 498 Å². The first-order valence-electron chi connectivity index (χ1n) is 33.0. The van der Waals surface area contributed by atoms with E-state index in [4.69, 9.17) is 18.9 Å². The van der Waals surface area contributed by atoms with Crippen molar-refractivity contribution >= 4 is 17.9 Å². The van der Waals surface area contributed by atoms with E-state index in [-0.39, 0.29) is 38.6 Å². The standard InChI is InChI=1S/C72H123NO8/c1-6-8-10-12-14-16-18-20-22-24-26-28-30-32-34-35-37-39-41-43-45-47-49-51-53-55-57-59-61-63-70(75)81-68(67-80-72(71(76)77)78-65-64-73(3,4)5)66-79-69(74)62-60-58-56-54-52-50-48-46-44-42-40-38-36-33-31-29-27-25-23-21-19-17-15-13-11-9-7-2/h8-11,14-17,20-23,26-29,32,34,68,72H,6-7,12-13,18-19,24-25,30-31,33,35-67H2,1-5H3/b10-8-,11-9-,16-14-,17-15-,22-20-,23-21-,28-26-,29-27-,34-32-. The molecule has 2 atom stereocenters. The largest absolute Gasteiger partial charge is 0.545 e. The van der Waals surface area contributed by atoms with Gasteiger partial charge in [0.1, 0.15) is 13.2 Å². The van der Waals surface area contributed by atoms with Crippen molar-refractivity contribution in [3.8, 4) is 0 Å². The molecule has 0 aliphatic heterocycles. The molecule has 0 rings (SSSR count). The molecular formula is C72H123NO8. The van der Waals surface area contributed by atoms with Crippen molar-refractivity contribution < 1.29 is 42.9 Å². The minimum atomic E-state index is -1.63. The van der Waals surface area contributed by atoms with Gasteiger partial charge in [0.05, 0.1) is 40.3 Å². The highest BCUT2D eigenvalue weighted by Gasteiger charge is 2.22. The predicted octanol–water partition coefficient (Wildman–Crippen LogP) is 18.9. The number of hydrogen-bond acceptors (Lipinski definition) is 8. The number of carbonyl (C=O) groups is 3. The van der Waals surface area contributed by atoms with E-state index in [1.54, 1.807) is 0 Å². The number of carboxylic acids is 1. The predicted molar refractivity (Wildman–Crippen MR) is 343 cm³/mol. The fourth-order valence-electron chi connectivity index (χ4n) is 9.03. The molecule has 0 N–H and O–H groups in total. The monoisotopic (exact) mass is 1130 g/mol. The van der Waals surface area contributed by atoms with Crippen molar-refractivity contribution in [2.75, 3.05) is 47.5 Å². The Morgan fingerprint density at radius 3 is 0.988 bits per heavy atom. The first kappa shape index (κ1) is 77.0. The molecule has 464 valence electrons. The van der Waals surface area contributed by atoms with Crippen LogP contribution in [-0.2, 0) is 33.3 Å². The van der Waals surface area contributed by atoms with Gasteiger partial charge in [-0.1, -0.05) is 271 Å². The zero-order valence-electron chi connectivity index (χ0n) is 52.9. The molecule has 0 aliphatic rings. The number of aliphatic carboxylic acids is 1. The molecule has 0 heterocycles. The molecule has 81 heavy (non-hydrogen) atoms. The van der Waals surface area contributed by atoms with Crippen LogP contribution in [0.25, 0.3) is 0 Å². The fourth-order valence-corrected chi connectivity index (χ4v) is 9.03. The number of ether oxygens (including phenoxy) is 4. The highest BCUT2D eigenvalue weighted by molar-refractivity contribution is 5.70. The maximum Gasteiger partial charge on any atom is 0.306 e. The van der Waals surface area contributed by atoms with Crippen molar-refractivity contribution in [1.82, 2.24) is 0 Å². The summed E-state index contributed by atoms with van der Waals surface area (Å²) in [4.78, 5) is 37.5. The molecule has 0 aliphatic carbocycles. The summed E-state index contributed by atoms with van der Waals surface area (Å²) in [6.07, 6.45) is 82.9. The number of allylic oxidation sites excluding steroid dienone is 18. The maximum atomic E-state index is 12.9. The van der Waals surface area contributed by atoms with Gasteiger partial charge >= 0.3 is 11.9 Å². The average Bonchev–Trinajstić information content (AvgIpc) is 3.44. The van der Waals surface area contributed by atoms with Gasteiger partial charge in [0, 0.05) is 12.8 Å². The summed E-state index contributed by atoms with van der Waals surface area (Å²) in [5.41, 5.74) is 0. The summed E-state index contributed by atoms with van der Waals surface area (Å²) < 4.78 is 22.8. The number of unbranched alkanes of at least 4 members (excludes halogenated alkanes) is 27. The highest BCUT2D eigenvalue weighted by atomic mass is 16.7. The Bertz CT molecular complexity index is 1700. The van der Waals surface area contributed by atoms with Crippen molar-refractivity contribution in [3.63, 3.8) is 0 Å². The number of esters is 2. The number of rotatable bonds is 60. The van der Waals surface area contributed by atoms with E-state index in [2.05, 4.69) is 123 Å². The van der Waals surface area contributed by atoms with Gasteiger partial charge in [0.2, 0.25) is 0 Å². The van der Waals surface area contributed by atoms with Crippen molar-refractivity contribution in [3.05, 3.63) is 109 Å². The second kappa shape index (κ2) is 62.0. The molecule has 0 aromatic heterocycles. The Morgan fingerprint density at radius 1 is 0.370 bits per heavy atom. The SMILES string of the molecule is CC/C=C\C/C=C\C/C=C\C/C=C\C/C=C\CCCCCCCCCCCCCCCC(=O)OC(COC(=O)CCCCCCCCCCCCCCCC/C=C\C/C=C\C/C=C\C/C=C\CC)COC(OCC[N+](C)(C)C)C(=O)[O-]. The third-order valence-corrected chi connectivity index (χ3v) is 14.0. The van der Waals surface area contributed by atoms with Crippen LogP contribution in [0.5, 0.6) is 0 Å². The maximum absolute atomic E-state index is 12.9. The van der Waals surface area contributed by atoms with Gasteiger partial charge in [0.25, 0.3) is 0 Å². The minimum absolute atomic E-state index is 0.144. The van der Waals surface area contributed by atoms with Crippen LogP contribution in [0.1, 0.15) is 271 Å². The molecule has 0 aromatic carbocycles. The Morgan fingerprint density at radius 2 is 0.667 bits per heavy atom. The summed E-state index contributed by atoms with van der Waals surface area (Å²) in [6.45, 7) is 4.54. The zero-order valence-corrected chi connectivity index (χ0v) is 52.9.